The van der Waals surface area contributed by atoms with Gasteiger partial charge in [0.15, 0.2) is 0 Å². The zero-order valence-electron chi connectivity index (χ0n) is 13.6. The Morgan fingerprint density at radius 1 is 1.10 bits per heavy atom. The van der Waals surface area contributed by atoms with E-state index < -0.39 is 0 Å². The average molecular weight is 287 g/mol. The van der Waals surface area contributed by atoms with Crippen molar-refractivity contribution in [2.24, 2.45) is 5.92 Å². The average Bonchev–Trinajstić information content (AvgIpc) is 2.96. The van der Waals surface area contributed by atoms with E-state index in [9.17, 15) is 0 Å². The van der Waals surface area contributed by atoms with Gasteiger partial charge in [0.05, 0.1) is 0 Å². The molecule has 0 bridgehead atoms. The Labute approximate surface area is 129 Å². The standard InChI is InChI=1S/C18H29N3/c1-15(2)14-21-12-6-7-17(21)16-8-9-18(19-13-16)20-10-4-3-5-11-20/h8-9,13,15,17H,3-7,10-12,14H2,1-2H3. The predicted molar refractivity (Wildman–Crippen MR) is 88.7 cm³/mol. The molecule has 3 nitrogen and oxygen atoms in total. The summed E-state index contributed by atoms with van der Waals surface area (Å²) < 4.78 is 0. The summed E-state index contributed by atoms with van der Waals surface area (Å²) in [5.41, 5.74) is 1.41. The van der Waals surface area contributed by atoms with E-state index in [1.165, 1.54) is 69.7 Å². The fraction of sp³-hybridized carbons (Fsp3) is 0.722. The Hall–Kier alpha value is -1.09. The smallest absolute Gasteiger partial charge is 0.128 e. The van der Waals surface area contributed by atoms with Crippen molar-refractivity contribution in [1.29, 1.82) is 0 Å². The molecule has 0 amide bonds. The monoisotopic (exact) mass is 287 g/mol. The van der Waals surface area contributed by atoms with Gasteiger partial charge >= 0.3 is 0 Å². The van der Waals surface area contributed by atoms with Gasteiger partial charge in [-0.05, 0) is 56.2 Å². The van der Waals surface area contributed by atoms with Gasteiger partial charge in [0.1, 0.15) is 5.82 Å². The number of rotatable bonds is 4. The fourth-order valence-electron chi connectivity index (χ4n) is 3.80. The van der Waals surface area contributed by atoms with Crippen LogP contribution in [0.25, 0.3) is 0 Å². The molecule has 0 spiro atoms. The summed E-state index contributed by atoms with van der Waals surface area (Å²) in [5, 5.41) is 0. The summed E-state index contributed by atoms with van der Waals surface area (Å²) in [6, 6.07) is 5.16. The van der Waals surface area contributed by atoms with Crippen LogP contribution in [0.5, 0.6) is 0 Å². The van der Waals surface area contributed by atoms with Crippen LogP contribution < -0.4 is 4.90 Å². The molecule has 0 saturated carbocycles. The van der Waals surface area contributed by atoms with Crippen molar-refractivity contribution in [2.75, 3.05) is 31.1 Å². The molecule has 2 fully saturated rings. The van der Waals surface area contributed by atoms with Crippen LogP contribution >= 0.6 is 0 Å². The third-order valence-electron chi connectivity index (χ3n) is 4.80. The molecule has 3 rings (SSSR count). The Bertz CT molecular complexity index is 434. The highest BCUT2D eigenvalue weighted by Crippen LogP contribution is 2.32. The molecule has 116 valence electrons. The van der Waals surface area contributed by atoms with Crippen molar-refractivity contribution in [3.05, 3.63) is 23.9 Å². The molecule has 0 aliphatic carbocycles. The van der Waals surface area contributed by atoms with Crippen LogP contribution in [0.15, 0.2) is 18.3 Å². The zero-order chi connectivity index (χ0) is 14.7. The molecular weight excluding hydrogens is 258 g/mol. The highest BCUT2D eigenvalue weighted by atomic mass is 15.2. The van der Waals surface area contributed by atoms with Gasteiger partial charge in [0.25, 0.3) is 0 Å². The fourth-order valence-corrected chi connectivity index (χ4v) is 3.80. The predicted octanol–water partition coefficient (Wildman–Crippen LogP) is 3.86. The van der Waals surface area contributed by atoms with Crippen molar-refractivity contribution in [1.82, 2.24) is 9.88 Å². The molecule has 0 aromatic carbocycles. The van der Waals surface area contributed by atoms with Crippen LogP contribution in [0.1, 0.15) is 57.6 Å². The lowest BCUT2D eigenvalue weighted by Gasteiger charge is -2.29. The van der Waals surface area contributed by atoms with Crippen molar-refractivity contribution in [2.45, 2.75) is 52.0 Å². The van der Waals surface area contributed by atoms with E-state index in [1.54, 1.807) is 0 Å². The first-order valence-electron chi connectivity index (χ1n) is 8.69. The third kappa shape index (κ3) is 3.57. The molecule has 0 N–H and O–H groups in total. The molecule has 1 unspecified atom stereocenters. The minimum Gasteiger partial charge on any atom is -0.357 e. The summed E-state index contributed by atoms with van der Waals surface area (Å²) >= 11 is 0. The van der Waals surface area contributed by atoms with E-state index in [4.69, 9.17) is 4.98 Å². The van der Waals surface area contributed by atoms with Crippen molar-refractivity contribution in [3.63, 3.8) is 0 Å². The van der Waals surface area contributed by atoms with Gasteiger partial charge in [-0.2, -0.15) is 0 Å². The van der Waals surface area contributed by atoms with Crippen molar-refractivity contribution < 1.29 is 0 Å². The Morgan fingerprint density at radius 2 is 1.90 bits per heavy atom. The minimum atomic E-state index is 0.593. The number of piperidine rings is 1. The number of pyridine rings is 1. The number of anilines is 1. The second-order valence-electron chi connectivity index (χ2n) is 7.04. The van der Waals surface area contributed by atoms with Crippen LogP contribution in [-0.4, -0.2) is 36.1 Å². The lowest BCUT2D eigenvalue weighted by Crippen LogP contribution is -2.30. The van der Waals surface area contributed by atoms with Crippen LogP contribution in [0.2, 0.25) is 0 Å². The molecule has 3 heteroatoms. The summed E-state index contributed by atoms with van der Waals surface area (Å²) in [6.45, 7) is 9.43. The largest absolute Gasteiger partial charge is 0.357 e. The molecule has 2 aliphatic heterocycles. The molecule has 1 aromatic rings. The van der Waals surface area contributed by atoms with E-state index in [0.29, 0.717) is 6.04 Å². The molecule has 1 atom stereocenters. The summed E-state index contributed by atoms with van der Waals surface area (Å²) in [5.74, 6) is 1.91. The molecule has 1 aromatic heterocycles. The van der Waals surface area contributed by atoms with Gasteiger partial charge in [-0.1, -0.05) is 19.9 Å². The van der Waals surface area contributed by atoms with Crippen LogP contribution in [0, 0.1) is 5.92 Å². The second kappa shape index (κ2) is 6.78. The van der Waals surface area contributed by atoms with E-state index in [0.717, 1.165) is 5.92 Å². The van der Waals surface area contributed by atoms with Crippen LogP contribution in [-0.2, 0) is 0 Å². The number of hydrogen-bond acceptors (Lipinski definition) is 3. The first-order chi connectivity index (χ1) is 10.2. The maximum atomic E-state index is 4.76. The highest BCUT2D eigenvalue weighted by molar-refractivity contribution is 5.40. The van der Waals surface area contributed by atoms with Gasteiger partial charge in [0.2, 0.25) is 0 Å². The lowest BCUT2D eigenvalue weighted by molar-refractivity contribution is 0.228. The SMILES string of the molecule is CC(C)CN1CCCC1c1ccc(N2CCCCC2)nc1. The van der Waals surface area contributed by atoms with E-state index >= 15 is 0 Å². The topological polar surface area (TPSA) is 19.4 Å². The Morgan fingerprint density at radius 3 is 2.57 bits per heavy atom. The lowest BCUT2D eigenvalue weighted by atomic mass is 10.1. The van der Waals surface area contributed by atoms with Gasteiger partial charge < -0.3 is 4.90 Å². The summed E-state index contributed by atoms with van der Waals surface area (Å²) in [6.07, 6.45) is 8.75. The maximum Gasteiger partial charge on any atom is 0.128 e. The van der Waals surface area contributed by atoms with Crippen LogP contribution in [0.4, 0.5) is 5.82 Å². The summed E-state index contributed by atoms with van der Waals surface area (Å²) in [4.78, 5) is 9.84. The van der Waals surface area contributed by atoms with E-state index in [-0.39, 0.29) is 0 Å². The number of hydrogen-bond donors (Lipinski definition) is 0. The second-order valence-corrected chi connectivity index (χ2v) is 7.04. The Kier molecular flexibility index (Phi) is 4.79. The van der Waals surface area contributed by atoms with E-state index in [2.05, 4.69) is 42.0 Å². The minimum absolute atomic E-state index is 0.593. The van der Waals surface area contributed by atoms with Gasteiger partial charge in [-0.25, -0.2) is 4.98 Å². The molecular formula is C18H29N3. The number of aromatic nitrogens is 1. The first-order valence-corrected chi connectivity index (χ1v) is 8.69. The van der Waals surface area contributed by atoms with Crippen LogP contribution in [0.3, 0.4) is 0 Å². The van der Waals surface area contributed by atoms with Gasteiger partial charge in [0, 0.05) is 31.9 Å². The maximum absolute atomic E-state index is 4.76. The summed E-state index contributed by atoms with van der Waals surface area (Å²) in [7, 11) is 0. The molecule has 0 radical (unpaired) electrons. The highest BCUT2D eigenvalue weighted by Gasteiger charge is 2.26. The molecule has 2 aliphatic rings. The van der Waals surface area contributed by atoms with Gasteiger partial charge in [-0.15, -0.1) is 0 Å². The zero-order valence-corrected chi connectivity index (χ0v) is 13.6. The quantitative estimate of drug-likeness (QED) is 0.838. The Balaban J connectivity index is 1.68. The molecule has 2 saturated heterocycles. The third-order valence-corrected chi connectivity index (χ3v) is 4.80. The molecule has 21 heavy (non-hydrogen) atoms. The number of likely N-dealkylation sites (tertiary alicyclic amines) is 1. The number of nitrogens with zero attached hydrogens (tertiary/aromatic N) is 3. The van der Waals surface area contributed by atoms with Crippen molar-refractivity contribution >= 4 is 5.82 Å². The molecule has 3 heterocycles. The van der Waals surface area contributed by atoms with Gasteiger partial charge in [-0.3, -0.25) is 4.90 Å². The van der Waals surface area contributed by atoms with E-state index in [1.807, 2.05) is 0 Å². The first kappa shape index (κ1) is 14.8. The normalized spacial score (nSPS) is 24.0. The van der Waals surface area contributed by atoms with Crippen molar-refractivity contribution in [3.8, 4) is 0 Å².